The fourth-order valence-electron chi connectivity index (χ4n) is 2.06. The Balaban J connectivity index is 1.79. The zero-order valence-electron chi connectivity index (χ0n) is 11.5. The lowest BCUT2D eigenvalue weighted by molar-refractivity contribution is -0.150. The predicted octanol–water partition coefficient (Wildman–Crippen LogP) is -3.85. The molecule has 2 fully saturated rings. The molecular formula is C12H14O10S. The van der Waals surface area contributed by atoms with E-state index in [1.807, 2.05) is 0 Å². The summed E-state index contributed by atoms with van der Waals surface area (Å²) < 4.78 is 9.06. The van der Waals surface area contributed by atoms with E-state index >= 15 is 0 Å². The second-order valence-corrected chi connectivity index (χ2v) is 6.07. The van der Waals surface area contributed by atoms with Crippen LogP contribution in [0.2, 0.25) is 0 Å². The highest BCUT2D eigenvalue weighted by atomic mass is 32.2. The third kappa shape index (κ3) is 3.53. The van der Waals surface area contributed by atoms with E-state index in [0.717, 1.165) is 11.8 Å². The minimum absolute atomic E-state index is 0.148. The number of ketones is 2. The summed E-state index contributed by atoms with van der Waals surface area (Å²) in [5, 5.41) is 37.8. The van der Waals surface area contributed by atoms with Gasteiger partial charge in [-0.25, -0.2) is 9.59 Å². The van der Waals surface area contributed by atoms with Crippen LogP contribution in [0.25, 0.3) is 0 Å². The fourth-order valence-corrected chi connectivity index (χ4v) is 3.03. The van der Waals surface area contributed by atoms with E-state index < -0.39 is 60.1 Å². The molecule has 23 heavy (non-hydrogen) atoms. The molecule has 0 aromatic carbocycles. The SMILES string of the molecule is O=C1O[C@H]([C@H](O)CSC[C@H](O)[C@H]2OC(=O)C(O)C2=O)C(=O)C1O. The number of Topliss-reactive ketones (excluding diaryl/α,β-unsaturated/α-hetero) is 2. The summed E-state index contributed by atoms with van der Waals surface area (Å²) in [6.07, 6.45) is -9.63. The Hall–Kier alpha value is -1.53. The van der Waals surface area contributed by atoms with Crippen molar-refractivity contribution in [1.82, 2.24) is 0 Å². The number of thioether (sulfide) groups is 1. The van der Waals surface area contributed by atoms with Crippen molar-refractivity contribution in [2.24, 2.45) is 0 Å². The maximum absolute atomic E-state index is 11.4. The number of aliphatic hydroxyl groups is 4. The number of hydrogen-bond donors (Lipinski definition) is 4. The van der Waals surface area contributed by atoms with Crippen LogP contribution in [0.4, 0.5) is 0 Å². The number of aliphatic hydroxyl groups excluding tert-OH is 4. The molecule has 0 spiro atoms. The van der Waals surface area contributed by atoms with E-state index in [2.05, 4.69) is 9.47 Å². The summed E-state index contributed by atoms with van der Waals surface area (Å²) in [6.45, 7) is 0. The molecule has 2 saturated heterocycles. The largest absolute Gasteiger partial charge is 0.449 e. The zero-order valence-corrected chi connectivity index (χ0v) is 12.3. The Bertz CT molecular complexity index is 488. The Morgan fingerprint density at radius 1 is 0.826 bits per heavy atom. The molecule has 0 radical (unpaired) electrons. The van der Waals surface area contributed by atoms with Gasteiger partial charge in [-0.1, -0.05) is 0 Å². The minimum Gasteiger partial charge on any atom is -0.449 e. The molecule has 0 saturated carbocycles. The van der Waals surface area contributed by atoms with Gasteiger partial charge in [0.15, 0.2) is 12.2 Å². The number of carbonyl (C=O) groups is 4. The summed E-state index contributed by atoms with van der Waals surface area (Å²) in [7, 11) is 0. The van der Waals surface area contributed by atoms with Gasteiger partial charge in [0.05, 0.1) is 0 Å². The first-order valence-corrected chi connectivity index (χ1v) is 7.68. The number of cyclic esters (lactones) is 2. The minimum atomic E-state index is -1.91. The van der Waals surface area contributed by atoms with Crippen molar-refractivity contribution in [2.75, 3.05) is 11.5 Å². The van der Waals surface area contributed by atoms with Crippen molar-refractivity contribution in [3.8, 4) is 0 Å². The Kier molecular flexibility index (Phi) is 5.37. The van der Waals surface area contributed by atoms with Crippen LogP contribution >= 0.6 is 11.8 Å². The van der Waals surface area contributed by atoms with Gasteiger partial charge < -0.3 is 29.9 Å². The van der Waals surface area contributed by atoms with Crippen molar-refractivity contribution in [3.63, 3.8) is 0 Å². The van der Waals surface area contributed by atoms with E-state index in [1.165, 1.54) is 0 Å². The maximum Gasteiger partial charge on any atom is 0.343 e. The summed E-state index contributed by atoms with van der Waals surface area (Å²) >= 11 is 0.902. The van der Waals surface area contributed by atoms with Crippen LogP contribution in [0.1, 0.15) is 0 Å². The number of rotatable bonds is 6. The van der Waals surface area contributed by atoms with E-state index in [4.69, 9.17) is 10.2 Å². The fraction of sp³-hybridized carbons (Fsp3) is 0.667. The molecule has 2 unspecified atom stereocenters. The molecule has 0 aromatic rings. The van der Waals surface area contributed by atoms with E-state index in [1.54, 1.807) is 0 Å². The van der Waals surface area contributed by atoms with Gasteiger partial charge in [0.25, 0.3) is 0 Å². The molecule has 0 bridgehead atoms. The highest BCUT2D eigenvalue weighted by molar-refractivity contribution is 7.99. The van der Waals surface area contributed by atoms with Crippen LogP contribution in [0.5, 0.6) is 0 Å². The second-order valence-electron chi connectivity index (χ2n) is 5.00. The topological polar surface area (TPSA) is 168 Å². The van der Waals surface area contributed by atoms with Gasteiger partial charge in [0.2, 0.25) is 23.8 Å². The average Bonchev–Trinajstić information content (AvgIpc) is 2.92. The standard InChI is InChI=1S/C12H14O10S/c13-3(9-5(15)7(17)11(19)21-9)1-23-2-4(14)10-6(16)8(18)12(20)22-10/h3-4,7-10,13-14,17-18H,1-2H2/t3-,4+,7?,8?,9-,10-/m1/s1. The highest BCUT2D eigenvalue weighted by Crippen LogP contribution is 2.21. The molecule has 0 amide bonds. The molecule has 2 rings (SSSR count). The second kappa shape index (κ2) is 6.93. The average molecular weight is 350 g/mol. The van der Waals surface area contributed by atoms with E-state index in [-0.39, 0.29) is 11.5 Å². The first-order chi connectivity index (χ1) is 10.7. The van der Waals surface area contributed by atoms with Crippen LogP contribution in [0.15, 0.2) is 0 Å². The molecule has 2 aliphatic heterocycles. The van der Waals surface area contributed by atoms with Crippen LogP contribution in [-0.2, 0) is 28.7 Å². The number of carbonyl (C=O) groups excluding carboxylic acids is 4. The summed E-state index contributed by atoms with van der Waals surface area (Å²) in [5.41, 5.74) is 0. The van der Waals surface area contributed by atoms with Gasteiger partial charge in [-0.05, 0) is 0 Å². The van der Waals surface area contributed by atoms with Crippen molar-refractivity contribution in [1.29, 1.82) is 0 Å². The predicted molar refractivity (Wildman–Crippen MR) is 71.1 cm³/mol. The molecule has 0 aliphatic carbocycles. The van der Waals surface area contributed by atoms with Gasteiger partial charge in [-0.3, -0.25) is 9.59 Å². The Morgan fingerprint density at radius 2 is 1.17 bits per heavy atom. The van der Waals surface area contributed by atoms with Crippen LogP contribution in [0.3, 0.4) is 0 Å². The molecule has 0 aromatic heterocycles. The van der Waals surface area contributed by atoms with Crippen LogP contribution in [-0.4, -0.2) is 92.1 Å². The molecule has 2 heterocycles. The van der Waals surface area contributed by atoms with Gasteiger partial charge >= 0.3 is 11.9 Å². The molecule has 10 nitrogen and oxygen atoms in total. The van der Waals surface area contributed by atoms with Gasteiger partial charge in [0, 0.05) is 11.5 Å². The van der Waals surface area contributed by atoms with Crippen molar-refractivity contribution in [3.05, 3.63) is 0 Å². The van der Waals surface area contributed by atoms with Crippen molar-refractivity contribution in [2.45, 2.75) is 36.6 Å². The third-order valence-corrected chi connectivity index (χ3v) is 4.46. The zero-order chi connectivity index (χ0) is 17.3. The highest BCUT2D eigenvalue weighted by Gasteiger charge is 2.47. The van der Waals surface area contributed by atoms with Gasteiger partial charge in [0.1, 0.15) is 12.2 Å². The number of hydrogen-bond acceptors (Lipinski definition) is 11. The Labute approximate surface area is 133 Å². The van der Waals surface area contributed by atoms with E-state index in [0.29, 0.717) is 0 Å². The first kappa shape index (κ1) is 17.8. The maximum atomic E-state index is 11.4. The van der Waals surface area contributed by atoms with Crippen molar-refractivity contribution >= 4 is 35.3 Å². The third-order valence-electron chi connectivity index (χ3n) is 3.31. The molecular weight excluding hydrogens is 336 g/mol. The van der Waals surface area contributed by atoms with E-state index in [9.17, 15) is 29.4 Å². The normalized spacial score (nSPS) is 33.6. The molecule has 11 heteroatoms. The summed E-state index contributed by atoms with van der Waals surface area (Å²) in [6, 6.07) is 0. The van der Waals surface area contributed by atoms with Crippen molar-refractivity contribution < 1.29 is 49.1 Å². The quantitative estimate of drug-likeness (QED) is 0.273. The van der Waals surface area contributed by atoms with Gasteiger partial charge in [-0.15, -0.1) is 0 Å². The van der Waals surface area contributed by atoms with Crippen LogP contribution < -0.4 is 0 Å². The first-order valence-electron chi connectivity index (χ1n) is 6.52. The molecule has 6 atom stereocenters. The number of ether oxygens (including phenoxy) is 2. The van der Waals surface area contributed by atoms with Gasteiger partial charge in [-0.2, -0.15) is 11.8 Å². The lowest BCUT2D eigenvalue weighted by Crippen LogP contribution is -2.38. The molecule has 128 valence electrons. The monoisotopic (exact) mass is 350 g/mol. The number of esters is 2. The molecule has 2 aliphatic rings. The lowest BCUT2D eigenvalue weighted by Gasteiger charge is -2.18. The summed E-state index contributed by atoms with van der Waals surface area (Å²) in [4.78, 5) is 44.9. The lowest BCUT2D eigenvalue weighted by atomic mass is 10.1. The summed E-state index contributed by atoms with van der Waals surface area (Å²) in [5.74, 6) is -4.48. The molecule has 4 N–H and O–H groups in total. The smallest absolute Gasteiger partial charge is 0.343 e. The van der Waals surface area contributed by atoms with Crippen LogP contribution in [0, 0.1) is 0 Å². The Morgan fingerprint density at radius 3 is 1.43 bits per heavy atom.